The third kappa shape index (κ3) is 3.85. The van der Waals surface area contributed by atoms with Crippen molar-refractivity contribution in [1.29, 1.82) is 0 Å². The molecule has 1 aliphatic rings. The number of rotatable bonds is 6. The molecule has 2 aromatic carbocycles. The van der Waals surface area contributed by atoms with E-state index in [4.69, 9.17) is 16.7 Å². The third-order valence-electron chi connectivity index (χ3n) is 4.54. The average Bonchev–Trinajstić information content (AvgIpc) is 2.92. The van der Waals surface area contributed by atoms with Crippen LogP contribution in [0.3, 0.4) is 0 Å². The van der Waals surface area contributed by atoms with E-state index in [0.29, 0.717) is 5.02 Å². The van der Waals surface area contributed by atoms with Gasteiger partial charge in [0.15, 0.2) is 5.78 Å². The first-order chi connectivity index (χ1) is 13.7. The van der Waals surface area contributed by atoms with Gasteiger partial charge in [0.2, 0.25) is 5.78 Å². The summed E-state index contributed by atoms with van der Waals surface area (Å²) >= 11 is 5.81. The number of nitrogens with zero attached hydrogens (tertiary/aromatic N) is 2. The summed E-state index contributed by atoms with van der Waals surface area (Å²) in [7, 11) is 0. The number of non-ortho nitro benzene ring substituents is 1. The lowest BCUT2D eigenvalue weighted by molar-refractivity contribution is -0.385. The molecule has 0 saturated carbocycles. The highest BCUT2D eigenvalue weighted by Gasteiger charge is 2.52. The van der Waals surface area contributed by atoms with E-state index in [2.05, 4.69) is 0 Å². The molecule has 1 saturated heterocycles. The monoisotopic (exact) mass is 416 g/mol. The second-order valence-electron chi connectivity index (χ2n) is 6.34. The quantitative estimate of drug-likeness (QED) is 0.251. The summed E-state index contributed by atoms with van der Waals surface area (Å²) in [5.41, 5.74) is -0.0950. The first kappa shape index (κ1) is 20.2. The van der Waals surface area contributed by atoms with E-state index < -0.39 is 46.9 Å². The van der Waals surface area contributed by atoms with Crippen molar-refractivity contribution in [2.75, 3.05) is 6.54 Å². The molecule has 0 bridgehead atoms. The van der Waals surface area contributed by atoms with Crippen LogP contribution in [0.25, 0.3) is 0 Å². The van der Waals surface area contributed by atoms with Crippen molar-refractivity contribution in [1.82, 2.24) is 4.90 Å². The van der Waals surface area contributed by atoms with Gasteiger partial charge in [-0.05, 0) is 29.8 Å². The minimum atomic E-state index is -1.54. The van der Waals surface area contributed by atoms with E-state index in [1.165, 1.54) is 42.5 Å². The summed E-state index contributed by atoms with van der Waals surface area (Å²) in [5, 5.41) is 20.6. The summed E-state index contributed by atoms with van der Waals surface area (Å²) in [6.07, 6.45) is 0. The van der Waals surface area contributed by atoms with E-state index in [-0.39, 0.29) is 16.8 Å². The number of hydrogen-bond acceptors (Lipinski definition) is 6. The number of carbonyl (C=O) groups is 4. The van der Waals surface area contributed by atoms with E-state index in [1.807, 2.05) is 0 Å². The number of aliphatic carboxylic acids is 1. The van der Waals surface area contributed by atoms with Crippen LogP contribution < -0.4 is 0 Å². The van der Waals surface area contributed by atoms with Crippen LogP contribution in [0.4, 0.5) is 5.69 Å². The molecule has 9 nitrogen and oxygen atoms in total. The van der Waals surface area contributed by atoms with Gasteiger partial charge in [-0.15, -0.1) is 0 Å². The Labute approximate surface area is 168 Å². The van der Waals surface area contributed by atoms with E-state index in [1.54, 1.807) is 0 Å². The second kappa shape index (κ2) is 7.80. The fourth-order valence-electron chi connectivity index (χ4n) is 3.29. The number of carbonyl (C=O) groups excluding carboxylic acids is 3. The lowest BCUT2D eigenvalue weighted by Crippen LogP contribution is -2.35. The first-order valence-electron chi connectivity index (χ1n) is 8.31. The number of carboxylic acids is 1. The van der Waals surface area contributed by atoms with Crippen molar-refractivity contribution in [3.05, 3.63) is 74.8 Å². The minimum absolute atomic E-state index is 0.105. The predicted octanol–water partition coefficient (Wildman–Crippen LogP) is 2.28. The van der Waals surface area contributed by atoms with E-state index >= 15 is 0 Å². The molecule has 2 atom stereocenters. The van der Waals surface area contributed by atoms with Crippen LogP contribution in [0.15, 0.2) is 48.5 Å². The van der Waals surface area contributed by atoms with Crippen molar-refractivity contribution in [3.63, 3.8) is 0 Å². The Hall–Kier alpha value is -3.59. The molecule has 1 aliphatic heterocycles. The number of hydrogen-bond donors (Lipinski definition) is 1. The molecule has 0 spiro atoms. The Morgan fingerprint density at radius 3 is 2.38 bits per heavy atom. The van der Waals surface area contributed by atoms with Crippen LogP contribution in [0.2, 0.25) is 5.02 Å². The Bertz CT molecular complexity index is 1040. The zero-order valence-electron chi connectivity index (χ0n) is 14.6. The molecule has 1 amide bonds. The van der Waals surface area contributed by atoms with Crippen LogP contribution >= 0.6 is 11.6 Å². The number of Topliss-reactive ketones (excluding diaryl/α,β-unsaturated/α-hetero) is 2. The van der Waals surface area contributed by atoms with Gasteiger partial charge >= 0.3 is 5.97 Å². The molecule has 1 heterocycles. The van der Waals surface area contributed by atoms with Crippen molar-refractivity contribution in [3.8, 4) is 0 Å². The molecule has 3 rings (SSSR count). The van der Waals surface area contributed by atoms with Gasteiger partial charge in [0, 0.05) is 22.7 Å². The number of ketones is 2. The summed E-state index contributed by atoms with van der Waals surface area (Å²) in [5.74, 6) is -5.82. The summed E-state index contributed by atoms with van der Waals surface area (Å²) < 4.78 is 0. The van der Waals surface area contributed by atoms with Gasteiger partial charge in [-0.2, -0.15) is 0 Å². The molecule has 148 valence electrons. The number of nitro groups is 1. The molecule has 0 radical (unpaired) electrons. The van der Waals surface area contributed by atoms with Crippen molar-refractivity contribution < 1.29 is 29.2 Å². The molecule has 1 fully saturated rings. The Morgan fingerprint density at radius 2 is 1.79 bits per heavy atom. The van der Waals surface area contributed by atoms with Crippen molar-refractivity contribution in [2.24, 2.45) is 5.92 Å². The molecule has 2 aromatic rings. The Balaban J connectivity index is 2.12. The van der Waals surface area contributed by atoms with E-state index in [0.717, 1.165) is 11.0 Å². The minimum Gasteiger partial charge on any atom is -0.480 e. The Morgan fingerprint density at radius 1 is 1.14 bits per heavy atom. The number of halogens is 1. The molecule has 10 heteroatoms. The van der Waals surface area contributed by atoms with Gasteiger partial charge in [0.25, 0.3) is 11.6 Å². The molecule has 0 aromatic heterocycles. The zero-order valence-corrected chi connectivity index (χ0v) is 15.4. The Kier molecular flexibility index (Phi) is 5.42. The zero-order chi connectivity index (χ0) is 21.3. The van der Waals surface area contributed by atoms with Crippen LogP contribution in [-0.4, -0.2) is 44.9 Å². The first-order valence-corrected chi connectivity index (χ1v) is 8.69. The van der Waals surface area contributed by atoms with Gasteiger partial charge < -0.3 is 10.0 Å². The summed E-state index contributed by atoms with van der Waals surface area (Å²) in [6.45, 7) is -0.831. The molecule has 1 N–H and O–H groups in total. The van der Waals surface area contributed by atoms with Gasteiger partial charge in [-0.3, -0.25) is 29.3 Å². The maximum absolute atomic E-state index is 13.0. The van der Waals surface area contributed by atoms with Gasteiger partial charge in [-0.25, -0.2) is 0 Å². The fraction of sp³-hybridized carbons (Fsp3) is 0.158. The number of likely N-dealkylation sites (tertiary alicyclic amines) is 1. The lowest BCUT2D eigenvalue weighted by Gasteiger charge is -2.25. The second-order valence-corrected chi connectivity index (χ2v) is 6.77. The van der Waals surface area contributed by atoms with E-state index in [9.17, 15) is 29.3 Å². The normalized spacial score (nSPS) is 18.7. The third-order valence-corrected chi connectivity index (χ3v) is 4.80. The maximum Gasteiger partial charge on any atom is 0.323 e. The molecular formula is C19H13ClN2O7. The van der Waals surface area contributed by atoms with Crippen LogP contribution in [0, 0.1) is 16.0 Å². The fourth-order valence-corrected chi connectivity index (χ4v) is 3.42. The highest BCUT2D eigenvalue weighted by Crippen LogP contribution is 2.39. The van der Waals surface area contributed by atoms with Gasteiger partial charge in [-0.1, -0.05) is 23.7 Å². The largest absolute Gasteiger partial charge is 0.480 e. The topological polar surface area (TPSA) is 135 Å². The summed E-state index contributed by atoms with van der Waals surface area (Å²) in [4.78, 5) is 60.5. The average molecular weight is 417 g/mol. The molecule has 2 unspecified atom stereocenters. The number of amides is 1. The van der Waals surface area contributed by atoms with Crippen molar-refractivity contribution >= 4 is 40.7 Å². The van der Waals surface area contributed by atoms with Crippen LogP contribution in [0.5, 0.6) is 0 Å². The summed E-state index contributed by atoms with van der Waals surface area (Å²) in [6, 6.07) is 9.42. The van der Waals surface area contributed by atoms with Crippen molar-refractivity contribution in [2.45, 2.75) is 6.04 Å². The number of carboxylic acid groups (broad SMARTS) is 1. The highest BCUT2D eigenvalue weighted by atomic mass is 35.5. The number of nitro benzene ring substituents is 1. The van der Waals surface area contributed by atoms with Gasteiger partial charge in [0.1, 0.15) is 12.5 Å². The number of benzene rings is 2. The van der Waals surface area contributed by atoms with Crippen LogP contribution in [-0.2, 0) is 14.4 Å². The standard InChI is InChI=1S/C19H13ClN2O7/c20-12-6-4-10(5-7-12)17(25)15-16(11-2-1-3-13(8-11)22(28)29)21(9-14(23)24)19(27)18(15)26/h1-8,15-16H,9H2,(H,23,24). The predicted molar refractivity (Wildman–Crippen MR) is 99.5 cm³/mol. The lowest BCUT2D eigenvalue weighted by atomic mass is 9.86. The molecule has 0 aliphatic carbocycles. The molecular weight excluding hydrogens is 404 g/mol. The van der Waals surface area contributed by atoms with Gasteiger partial charge in [0.05, 0.1) is 11.0 Å². The van der Waals surface area contributed by atoms with Crippen LogP contribution in [0.1, 0.15) is 22.0 Å². The smallest absolute Gasteiger partial charge is 0.323 e. The maximum atomic E-state index is 13.0. The SMILES string of the molecule is O=C(O)CN1C(=O)C(=O)C(C(=O)c2ccc(Cl)cc2)C1c1cccc([N+](=O)[O-])c1. The molecule has 29 heavy (non-hydrogen) atoms. The highest BCUT2D eigenvalue weighted by molar-refractivity contribution is 6.44.